The summed E-state index contributed by atoms with van der Waals surface area (Å²) in [5.74, 6) is -0.932. The Morgan fingerprint density at radius 3 is 1.44 bits per heavy atom. The first kappa shape index (κ1) is 60.1. The lowest BCUT2D eigenvalue weighted by Gasteiger charge is -2.42. The SMILES string of the molecule is C=CCCCCCCCCCCCCCCCC(=O)O[C@H](COC(=O)CCCCCCC/C=C/CCCCCCCC)CO[C@@H]1O[C@H](CO[C@@H]2O[C@H](CO)[C@H](O)C(O)C2O)[C@H](O)C(O)C1O. The smallest absolute Gasteiger partial charge is 0.306 e. The van der Waals surface area contributed by atoms with Crippen LogP contribution in [0.15, 0.2) is 24.8 Å². The van der Waals surface area contributed by atoms with Gasteiger partial charge < -0.3 is 64.2 Å². The number of carbonyl (C=O) groups excluding carboxylic acids is 2. The lowest BCUT2D eigenvalue weighted by Crippen LogP contribution is -2.61. The van der Waals surface area contributed by atoms with E-state index in [9.17, 15) is 45.3 Å². The summed E-state index contributed by atoms with van der Waals surface area (Å²) in [5, 5.41) is 72.1. The van der Waals surface area contributed by atoms with Crippen molar-refractivity contribution in [3.05, 3.63) is 24.8 Å². The number of rotatable bonds is 41. The third kappa shape index (κ3) is 26.7. The fraction of sp³-hybridized carbons (Fsp3) is 0.882. The monoisotopic (exact) mass is 945 g/mol. The highest BCUT2D eigenvalue weighted by Crippen LogP contribution is 2.26. The first-order valence-electron chi connectivity index (χ1n) is 25.9. The Kier molecular flexibility index (Phi) is 35.3. The molecule has 15 nitrogen and oxygen atoms in total. The number of esters is 2. The number of aliphatic hydroxyl groups is 7. The van der Waals surface area contributed by atoms with Gasteiger partial charge in [-0.2, -0.15) is 0 Å². The molecule has 11 atom stereocenters. The minimum Gasteiger partial charge on any atom is -0.462 e. The van der Waals surface area contributed by atoms with Crippen molar-refractivity contribution in [3.8, 4) is 0 Å². The van der Waals surface area contributed by atoms with Crippen molar-refractivity contribution in [2.75, 3.05) is 26.4 Å². The van der Waals surface area contributed by atoms with Gasteiger partial charge in [-0.05, 0) is 51.4 Å². The normalized spacial score (nSPS) is 26.1. The maximum absolute atomic E-state index is 13.0. The Morgan fingerprint density at radius 1 is 0.515 bits per heavy atom. The van der Waals surface area contributed by atoms with Gasteiger partial charge in [0.25, 0.3) is 0 Å². The van der Waals surface area contributed by atoms with Crippen molar-refractivity contribution in [1.29, 1.82) is 0 Å². The van der Waals surface area contributed by atoms with Crippen LogP contribution in [0.5, 0.6) is 0 Å². The average molecular weight is 945 g/mol. The maximum Gasteiger partial charge on any atom is 0.306 e. The molecule has 0 aliphatic carbocycles. The Balaban J connectivity index is 1.80. The Morgan fingerprint density at radius 2 is 0.939 bits per heavy atom. The molecule has 0 aromatic carbocycles. The molecular weight excluding hydrogens is 853 g/mol. The topological polar surface area (TPSA) is 231 Å². The van der Waals surface area contributed by atoms with Crippen molar-refractivity contribution < 1.29 is 73.8 Å². The lowest BCUT2D eigenvalue weighted by atomic mass is 9.98. The van der Waals surface area contributed by atoms with E-state index < -0.39 is 92.7 Å². The number of unbranched alkanes of at least 4 members (excludes halogenated alkanes) is 24. The summed E-state index contributed by atoms with van der Waals surface area (Å²) in [6, 6.07) is 0. The molecule has 0 bridgehead atoms. The van der Waals surface area contributed by atoms with Crippen LogP contribution in [0.3, 0.4) is 0 Å². The molecule has 386 valence electrons. The molecule has 15 heteroatoms. The number of allylic oxidation sites excluding steroid dienone is 3. The van der Waals surface area contributed by atoms with E-state index in [1.54, 1.807) is 0 Å². The highest BCUT2D eigenvalue weighted by Gasteiger charge is 2.47. The minimum absolute atomic E-state index is 0.164. The van der Waals surface area contributed by atoms with E-state index in [0.29, 0.717) is 12.8 Å². The minimum atomic E-state index is -1.76. The second-order valence-electron chi connectivity index (χ2n) is 18.4. The fourth-order valence-corrected chi connectivity index (χ4v) is 8.25. The number of carbonyl (C=O) groups is 2. The van der Waals surface area contributed by atoms with E-state index in [1.807, 2.05) is 6.08 Å². The fourth-order valence-electron chi connectivity index (χ4n) is 8.25. The molecule has 0 aromatic heterocycles. The summed E-state index contributed by atoms with van der Waals surface area (Å²) < 4.78 is 33.6. The van der Waals surface area contributed by atoms with Crippen molar-refractivity contribution in [2.45, 2.75) is 261 Å². The number of ether oxygens (including phenoxy) is 6. The summed E-state index contributed by atoms with van der Waals surface area (Å²) in [4.78, 5) is 25.7. The van der Waals surface area contributed by atoms with Gasteiger partial charge in [-0.15, -0.1) is 6.58 Å². The van der Waals surface area contributed by atoms with Gasteiger partial charge in [0.2, 0.25) is 0 Å². The van der Waals surface area contributed by atoms with E-state index in [-0.39, 0.29) is 26.1 Å². The first-order chi connectivity index (χ1) is 32.0. The van der Waals surface area contributed by atoms with Gasteiger partial charge in [0.05, 0.1) is 19.8 Å². The van der Waals surface area contributed by atoms with Gasteiger partial charge in [0, 0.05) is 12.8 Å². The molecular formula is C51H92O15. The van der Waals surface area contributed by atoms with Gasteiger partial charge in [0.1, 0.15) is 55.4 Å². The van der Waals surface area contributed by atoms with Crippen LogP contribution < -0.4 is 0 Å². The van der Waals surface area contributed by atoms with E-state index in [0.717, 1.165) is 64.2 Å². The largest absolute Gasteiger partial charge is 0.462 e. The summed E-state index contributed by atoms with van der Waals surface area (Å²) >= 11 is 0. The van der Waals surface area contributed by atoms with Crippen LogP contribution >= 0.6 is 0 Å². The molecule has 66 heavy (non-hydrogen) atoms. The molecule has 2 rings (SSSR count). The zero-order valence-corrected chi connectivity index (χ0v) is 40.5. The molecule has 2 aliphatic heterocycles. The highest BCUT2D eigenvalue weighted by atomic mass is 16.7. The van der Waals surface area contributed by atoms with Crippen LogP contribution in [-0.2, 0) is 38.0 Å². The molecule has 4 unspecified atom stereocenters. The first-order valence-corrected chi connectivity index (χ1v) is 25.9. The summed E-state index contributed by atoms with van der Waals surface area (Å²) in [7, 11) is 0. The van der Waals surface area contributed by atoms with Gasteiger partial charge in [-0.25, -0.2) is 0 Å². The number of aliphatic hydroxyl groups excluding tert-OH is 7. The molecule has 2 fully saturated rings. The van der Waals surface area contributed by atoms with Crippen LogP contribution in [0.1, 0.15) is 193 Å². The summed E-state index contributed by atoms with van der Waals surface area (Å²) in [5.41, 5.74) is 0. The lowest BCUT2D eigenvalue weighted by molar-refractivity contribution is -0.332. The van der Waals surface area contributed by atoms with Crippen LogP contribution in [0.25, 0.3) is 0 Å². The molecule has 0 aromatic rings. The Hall–Kier alpha value is -2.02. The van der Waals surface area contributed by atoms with E-state index in [4.69, 9.17) is 28.4 Å². The van der Waals surface area contributed by atoms with Crippen LogP contribution in [0.4, 0.5) is 0 Å². The molecule has 2 saturated heterocycles. The molecule has 0 saturated carbocycles. The van der Waals surface area contributed by atoms with Gasteiger partial charge in [-0.1, -0.05) is 147 Å². The van der Waals surface area contributed by atoms with Gasteiger partial charge >= 0.3 is 11.9 Å². The third-order valence-electron chi connectivity index (χ3n) is 12.5. The van der Waals surface area contributed by atoms with Crippen LogP contribution in [-0.4, -0.2) is 142 Å². The molecule has 2 aliphatic rings. The third-order valence-corrected chi connectivity index (χ3v) is 12.5. The van der Waals surface area contributed by atoms with Gasteiger partial charge in [0.15, 0.2) is 18.7 Å². The summed E-state index contributed by atoms with van der Waals surface area (Å²) in [6.45, 7) is 4.12. The molecule has 0 amide bonds. The molecule has 2 heterocycles. The van der Waals surface area contributed by atoms with Crippen molar-refractivity contribution in [3.63, 3.8) is 0 Å². The molecule has 7 N–H and O–H groups in total. The standard InChI is InChI=1S/C51H92O15/c1-3-5-7-9-11-13-15-17-19-21-23-25-27-29-31-33-42(53)61-36-39(64-43(54)34-32-30-28-26-24-22-20-18-16-14-12-10-8-6-4-2)37-62-50-49(60)47(58)45(56)41(66-50)38-63-51-48(59)46(57)44(55)40(35-52)65-51/h4,17,19,39-41,44-52,55-60H,2-3,5-16,18,20-38H2,1H3/b19-17+/t39-,40-,41-,44+,45+,46?,47?,48?,49?,50-,51-/m1/s1. The molecule has 0 spiro atoms. The summed E-state index contributed by atoms with van der Waals surface area (Å²) in [6.07, 6.45) is 20.9. The van der Waals surface area contributed by atoms with Gasteiger partial charge in [-0.3, -0.25) is 9.59 Å². The van der Waals surface area contributed by atoms with E-state index in [1.165, 1.54) is 96.3 Å². The zero-order chi connectivity index (χ0) is 48.2. The zero-order valence-electron chi connectivity index (χ0n) is 40.5. The van der Waals surface area contributed by atoms with E-state index in [2.05, 4.69) is 25.7 Å². The van der Waals surface area contributed by atoms with Crippen molar-refractivity contribution >= 4 is 11.9 Å². The van der Waals surface area contributed by atoms with E-state index >= 15 is 0 Å². The molecule has 0 radical (unpaired) electrons. The number of hydrogen-bond donors (Lipinski definition) is 7. The second-order valence-corrected chi connectivity index (χ2v) is 18.4. The van der Waals surface area contributed by atoms with Crippen molar-refractivity contribution in [2.24, 2.45) is 0 Å². The van der Waals surface area contributed by atoms with Crippen LogP contribution in [0, 0.1) is 0 Å². The quantitative estimate of drug-likeness (QED) is 0.0183. The average Bonchev–Trinajstić information content (AvgIpc) is 3.31. The second kappa shape index (κ2) is 38.8. The Labute approximate surface area is 396 Å². The maximum atomic E-state index is 13.0. The van der Waals surface area contributed by atoms with Crippen LogP contribution in [0.2, 0.25) is 0 Å². The van der Waals surface area contributed by atoms with Crippen molar-refractivity contribution in [1.82, 2.24) is 0 Å². The highest BCUT2D eigenvalue weighted by molar-refractivity contribution is 5.70. The predicted molar refractivity (Wildman–Crippen MR) is 252 cm³/mol. The number of hydrogen-bond acceptors (Lipinski definition) is 15. The Bertz CT molecular complexity index is 1240. The predicted octanol–water partition coefficient (Wildman–Crippen LogP) is 7.16.